The maximum atomic E-state index is 11.8. The Morgan fingerprint density at radius 3 is 2.30 bits per heavy atom. The fourth-order valence-electron chi connectivity index (χ4n) is 1.93. The van der Waals surface area contributed by atoms with Crippen molar-refractivity contribution >= 4 is 46.6 Å². The molecule has 0 unspecified atom stereocenters. The molecule has 27 heavy (non-hydrogen) atoms. The minimum Gasteiger partial charge on any atom is -0.493 e. The van der Waals surface area contributed by atoms with Crippen molar-refractivity contribution < 1.29 is 23.8 Å². The molecular weight excluding hydrogens is 419 g/mol. The monoisotopic (exact) mass is 432 g/mol. The number of rotatable bonds is 7. The van der Waals surface area contributed by atoms with Gasteiger partial charge in [-0.15, -0.1) is 0 Å². The highest BCUT2D eigenvalue weighted by molar-refractivity contribution is 6.43. The van der Waals surface area contributed by atoms with Crippen molar-refractivity contribution in [2.45, 2.75) is 0 Å². The number of benzene rings is 2. The average Bonchev–Trinajstić information content (AvgIpc) is 2.67. The topological polar surface area (TPSA) is 92.4 Å². The molecule has 0 heterocycles. The summed E-state index contributed by atoms with van der Waals surface area (Å²) in [4.78, 5) is 16.5. The molecule has 2 aromatic carbocycles. The first-order valence-electron chi connectivity index (χ1n) is 7.38. The van der Waals surface area contributed by atoms with E-state index >= 15 is 0 Å². The molecular formula is C17H15Cl3N2O5. The predicted octanol–water partition coefficient (Wildman–Crippen LogP) is 3.91. The van der Waals surface area contributed by atoms with Gasteiger partial charge < -0.3 is 24.8 Å². The fourth-order valence-corrected chi connectivity index (χ4v) is 2.52. The number of hydrogen-bond donors (Lipinski definition) is 1. The van der Waals surface area contributed by atoms with E-state index < -0.39 is 12.6 Å². The van der Waals surface area contributed by atoms with Crippen LogP contribution < -0.4 is 19.9 Å². The molecule has 0 saturated carbocycles. The standard InChI is InChI=1S/C17H15Cl3N2O5/c1-24-13-4-3-9(5-15(13)25-2)17(21)22-27-16(23)8-26-14-7-11(19)10(18)6-12(14)20/h3-7H,8H2,1-2H3,(H2,21,22). The second kappa shape index (κ2) is 9.55. The van der Waals surface area contributed by atoms with Gasteiger partial charge in [-0.2, -0.15) is 0 Å². The fraction of sp³-hybridized carbons (Fsp3) is 0.176. The highest BCUT2D eigenvalue weighted by atomic mass is 35.5. The van der Waals surface area contributed by atoms with Crippen LogP contribution >= 0.6 is 34.8 Å². The Balaban J connectivity index is 1.99. The number of carbonyl (C=O) groups excluding carboxylic acids is 1. The van der Waals surface area contributed by atoms with Crippen molar-refractivity contribution in [3.63, 3.8) is 0 Å². The van der Waals surface area contributed by atoms with Gasteiger partial charge in [-0.1, -0.05) is 40.0 Å². The van der Waals surface area contributed by atoms with E-state index in [1.54, 1.807) is 18.2 Å². The maximum Gasteiger partial charge on any atom is 0.372 e. The Hall–Kier alpha value is -2.35. The van der Waals surface area contributed by atoms with Crippen LogP contribution in [0.5, 0.6) is 17.2 Å². The van der Waals surface area contributed by atoms with Crippen molar-refractivity contribution in [2.24, 2.45) is 10.9 Å². The molecule has 7 nitrogen and oxygen atoms in total. The molecule has 0 aromatic heterocycles. The highest BCUT2D eigenvalue weighted by Gasteiger charge is 2.12. The molecule has 0 fully saturated rings. The number of ether oxygens (including phenoxy) is 3. The van der Waals surface area contributed by atoms with E-state index in [2.05, 4.69) is 5.16 Å². The van der Waals surface area contributed by atoms with Gasteiger partial charge >= 0.3 is 5.97 Å². The second-order valence-electron chi connectivity index (χ2n) is 4.99. The normalized spacial score (nSPS) is 11.1. The zero-order chi connectivity index (χ0) is 20.0. The van der Waals surface area contributed by atoms with Crippen molar-refractivity contribution in [1.29, 1.82) is 0 Å². The van der Waals surface area contributed by atoms with Crippen LogP contribution in [0.15, 0.2) is 35.5 Å². The SMILES string of the molecule is COc1ccc(/C(N)=N\OC(=O)COc2cc(Cl)c(Cl)cc2Cl)cc1OC. The van der Waals surface area contributed by atoms with Crippen LogP contribution in [0, 0.1) is 0 Å². The van der Waals surface area contributed by atoms with Crippen molar-refractivity contribution in [3.8, 4) is 17.2 Å². The van der Waals surface area contributed by atoms with Gasteiger partial charge in [0.2, 0.25) is 0 Å². The maximum absolute atomic E-state index is 11.8. The third-order valence-corrected chi connectivity index (χ3v) is 4.26. The zero-order valence-corrected chi connectivity index (χ0v) is 16.6. The molecule has 144 valence electrons. The number of hydrogen-bond acceptors (Lipinski definition) is 6. The molecule has 0 bridgehead atoms. The minimum absolute atomic E-state index is 0.0307. The molecule has 2 rings (SSSR count). The van der Waals surface area contributed by atoms with E-state index in [0.717, 1.165) is 0 Å². The Bertz CT molecular complexity index is 874. The summed E-state index contributed by atoms with van der Waals surface area (Å²) in [5.74, 6) is 0.340. The van der Waals surface area contributed by atoms with E-state index in [1.807, 2.05) is 0 Å². The number of nitrogens with two attached hydrogens (primary N) is 1. The van der Waals surface area contributed by atoms with Crippen LogP contribution in [0.1, 0.15) is 5.56 Å². The largest absolute Gasteiger partial charge is 0.493 e. The van der Waals surface area contributed by atoms with Gasteiger partial charge in [-0.25, -0.2) is 4.79 Å². The Labute approximate surface area is 170 Å². The minimum atomic E-state index is -0.791. The molecule has 0 aliphatic heterocycles. The van der Waals surface area contributed by atoms with Crippen LogP contribution in [0.25, 0.3) is 0 Å². The predicted molar refractivity (Wildman–Crippen MR) is 103 cm³/mol. The van der Waals surface area contributed by atoms with E-state index in [4.69, 9.17) is 59.6 Å². The molecule has 2 aromatic rings. The van der Waals surface area contributed by atoms with Gasteiger partial charge in [0, 0.05) is 11.6 Å². The zero-order valence-electron chi connectivity index (χ0n) is 14.3. The average molecular weight is 434 g/mol. The van der Waals surface area contributed by atoms with Gasteiger partial charge in [-0.05, 0) is 24.3 Å². The summed E-state index contributed by atoms with van der Waals surface area (Å²) >= 11 is 17.6. The molecule has 0 spiro atoms. The van der Waals surface area contributed by atoms with Crippen LogP contribution in [-0.4, -0.2) is 32.6 Å². The number of carbonyl (C=O) groups is 1. The lowest BCUT2D eigenvalue weighted by Crippen LogP contribution is -2.18. The molecule has 10 heteroatoms. The lowest BCUT2D eigenvalue weighted by Gasteiger charge is -2.09. The molecule has 0 amide bonds. The van der Waals surface area contributed by atoms with Gasteiger partial charge in [0.1, 0.15) is 5.75 Å². The van der Waals surface area contributed by atoms with E-state index in [1.165, 1.54) is 26.4 Å². The summed E-state index contributed by atoms with van der Waals surface area (Å²) in [5.41, 5.74) is 6.29. The number of amidine groups is 1. The number of halogens is 3. The quantitative estimate of drug-likeness (QED) is 0.234. The number of nitrogens with zero attached hydrogens (tertiary/aromatic N) is 1. The summed E-state index contributed by atoms with van der Waals surface area (Å²) in [6, 6.07) is 7.67. The summed E-state index contributed by atoms with van der Waals surface area (Å²) < 4.78 is 15.5. The summed E-state index contributed by atoms with van der Waals surface area (Å²) in [7, 11) is 3.00. The van der Waals surface area contributed by atoms with E-state index in [-0.39, 0.29) is 26.7 Å². The molecule has 0 saturated heterocycles. The Kier molecular flexibility index (Phi) is 7.41. The van der Waals surface area contributed by atoms with E-state index in [0.29, 0.717) is 17.1 Å². The number of methoxy groups -OCH3 is 2. The third kappa shape index (κ3) is 5.56. The molecule has 0 aliphatic rings. The van der Waals surface area contributed by atoms with Gasteiger partial charge in [-0.3, -0.25) is 0 Å². The summed E-state index contributed by atoms with van der Waals surface area (Å²) in [6.45, 7) is -0.458. The lowest BCUT2D eigenvalue weighted by atomic mass is 10.2. The first-order valence-corrected chi connectivity index (χ1v) is 8.52. The first-order chi connectivity index (χ1) is 12.8. The van der Waals surface area contributed by atoms with Gasteiger partial charge in [0.15, 0.2) is 23.9 Å². The Morgan fingerprint density at radius 1 is 0.963 bits per heavy atom. The second-order valence-corrected chi connectivity index (χ2v) is 6.22. The van der Waals surface area contributed by atoms with Gasteiger partial charge in [0.05, 0.1) is 29.3 Å². The van der Waals surface area contributed by atoms with Crippen LogP contribution in [0.3, 0.4) is 0 Å². The molecule has 0 atom stereocenters. The summed E-state index contributed by atoms with van der Waals surface area (Å²) in [5, 5.41) is 4.28. The lowest BCUT2D eigenvalue weighted by molar-refractivity contribution is -0.146. The van der Waals surface area contributed by atoms with Crippen LogP contribution in [-0.2, 0) is 9.63 Å². The van der Waals surface area contributed by atoms with Crippen LogP contribution in [0.2, 0.25) is 15.1 Å². The number of oxime groups is 1. The molecule has 0 radical (unpaired) electrons. The van der Waals surface area contributed by atoms with Crippen LogP contribution in [0.4, 0.5) is 0 Å². The first kappa shape index (κ1) is 21.0. The summed E-state index contributed by atoms with van der Waals surface area (Å²) in [6.07, 6.45) is 0. The molecule has 0 aliphatic carbocycles. The third-order valence-electron chi connectivity index (χ3n) is 3.25. The van der Waals surface area contributed by atoms with Crippen molar-refractivity contribution in [1.82, 2.24) is 0 Å². The smallest absolute Gasteiger partial charge is 0.372 e. The highest BCUT2D eigenvalue weighted by Crippen LogP contribution is 2.33. The van der Waals surface area contributed by atoms with E-state index in [9.17, 15) is 4.79 Å². The molecule has 2 N–H and O–H groups in total. The van der Waals surface area contributed by atoms with Gasteiger partial charge in [0.25, 0.3) is 0 Å². The van der Waals surface area contributed by atoms with Crippen molar-refractivity contribution in [3.05, 3.63) is 51.0 Å². The van der Waals surface area contributed by atoms with Crippen molar-refractivity contribution in [2.75, 3.05) is 20.8 Å². The Morgan fingerprint density at radius 2 is 1.63 bits per heavy atom.